The maximum Gasteiger partial charge on any atom is 0.165 e. The molecule has 1 rings (SSSR count). The first kappa shape index (κ1) is 10.6. The summed E-state index contributed by atoms with van der Waals surface area (Å²) in [5.41, 5.74) is 1.49. The molecule has 0 aliphatic carbocycles. The molecule has 0 saturated carbocycles. The van der Waals surface area contributed by atoms with Crippen LogP contribution in [0, 0.1) is 6.92 Å². The molecule has 0 heterocycles. The Balaban J connectivity index is 3.01. The summed E-state index contributed by atoms with van der Waals surface area (Å²) in [5, 5.41) is 0.539. The molecule has 0 atom stereocenters. The van der Waals surface area contributed by atoms with Gasteiger partial charge in [-0.15, -0.1) is 11.6 Å². The Bertz CT molecular complexity index is 321. The van der Waals surface area contributed by atoms with E-state index in [0.29, 0.717) is 22.9 Å². The van der Waals surface area contributed by atoms with E-state index in [9.17, 15) is 4.79 Å². The molecule has 0 aromatic heterocycles. The highest BCUT2D eigenvalue weighted by molar-refractivity contribution is 6.34. The van der Waals surface area contributed by atoms with Gasteiger partial charge in [-0.25, -0.2) is 0 Å². The largest absolute Gasteiger partial charge is 0.294 e. The summed E-state index contributed by atoms with van der Waals surface area (Å²) in [6.45, 7) is 1.87. The normalized spacial score (nSPS) is 10.1. The van der Waals surface area contributed by atoms with Gasteiger partial charge in [0.05, 0.1) is 5.02 Å². The van der Waals surface area contributed by atoms with E-state index < -0.39 is 0 Å². The van der Waals surface area contributed by atoms with E-state index in [1.165, 1.54) is 0 Å². The van der Waals surface area contributed by atoms with E-state index in [4.69, 9.17) is 23.2 Å². The van der Waals surface area contributed by atoms with E-state index in [0.717, 1.165) is 5.56 Å². The van der Waals surface area contributed by atoms with Crippen LogP contribution < -0.4 is 0 Å². The summed E-state index contributed by atoms with van der Waals surface area (Å²) in [6.07, 6.45) is 0.338. The summed E-state index contributed by atoms with van der Waals surface area (Å²) < 4.78 is 0. The van der Waals surface area contributed by atoms with Crippen LogP contribution in [0.15, 0.2) is 18.2 Å². The third kappa shape index (κ3) is 2.45. The Labute approximate surface area is 87.7 Å². The average Bonchev–Trinajstić information content (AvgIpc) is 2.10. The van der Waals surface area contributed by atoms with Crippen LogP contribution in [0.25, 0.3) is 0 Å². The van der Waals surface area contributed by atoms with Crippen LogP contribution in [-0.4, -0.2) is 11.7 Å². The van der Waals surface area contributed by atoms with Crippen LogP contribution >= 0.6 is 23.2 Å². The number of hydrogen-bond donors (Lipinski definition) is 0. The van der Waals surface area contributed by atoms with Gasteiger partial charge in [-0.2, -0.15) is 0 Å². The number of halogens is 2. The minimum atomic E-state index is 0.00343. The van der Waals surface area contributed by atoms with Crippen molar-refractivity contribution in [3.8, 4) is 0 Å². The highest BCUT2D eigenvalue weighted by atomic mass is 35.5. The molecule has 1 aromatic carbocycles. The molecule has 0 N–H and O–H groups in total. The number of carbonyl (C=O) groups is 1. The second-order valence-corrected chi connectivity index (χ2v) is 3.55. The number of rotatable bonds is 3. The average molecular weight is 217 g/mol. The predicted octanol–water partition coefficient (Wildman–Crippen LogP) is 3.46. The topological polar surface area (TPSA) is 17.1 Å². The summed E-state index contributed by atoms with van der Waals surface area (Å²) in [5.74, 6) is 0.340. The quantitative estimate of drug-likeness (QED) is 0.559. The molecule has 0 saturated heterocycles. The maximum atomic E-state index is 11.4. The Morgan fingerprint density at radius 2 is 2.15 bits per heavy atom. The molecule has 0 aliphatic heterocycles. The number of benzene rings is 1. The van der Waals surface area contributed by atoms with E-state index in [-0.39, 0.29) is 5.78 Å². The summed E-state index contributed by atoms with van der Waals surface area (Å²) >= 11 is 11.4. The molecular formula is C10H10Cl2O. The van der Waals surface area contributed by atoms with Gasteiger partial charge >= 0.3 is 0 Å². The number of hydrogen-bond acceptors (Lipinski definition) is 1. The molecule has 3 heteroatoms. The molecule has 0 amide bonds. The molecule has 0 spiro atoms. The molecule has 0 unspecified atom stereocenters. The molecule has 0 fully saturated rings. The Kier molecular flexibility index (Phi) is 3.76. The zero-order chi connectivity index (χ0) is 9.84. The predicted molar refractivity (Wildman–Crippen MR) is 55.9 cm³/mol. The van der Waals surface area contributed by atoms with Gasteiger partial charge in [0.2, 0.25) is 0 Å². The van der Waals surface area contributed by atoms with Gasteiger partial charge in [0.1, 0.15) is 0 Å². The zero-order valence-electron chi connectivity index (χ0n) is 7.31. The van der Waals surface area contributed by atoms with Crippen molar-refractivity contribution in [2.75, 3.05) is 5.88 Å². The minimum Gasteiger partial charge on any atom is -0.294 e. The highest BCUT2D eigenvalue weighted by Crippen LogP contribution is 2.21. The molecule has 13 heavy (non-hydrogen) atoms. The molecular weight excluding hydrogens is 207 g/mol. The van der Waals surface area contributed by atoms with Gasteiger partial charge in [-0.3, -0.25) is 4.79 Å². The number of ketones is 1. The van der Waals surface area contributed by atoms with E-state index in [2.05, 4.69) is 0 Å². The van der Waals surface area contributed by atoms with Crippen molar-refractivity contribution < 1.29 is 4.79 Å². The summed E-state index contributed by atoms with van der Waals surface area (Å²) in [7, 11) is 0. The minimum absolute atomic E-state index is 0.00343. The van der Waals surface area contributed by atoms with Crippen LogP contribution in [0.1, 0.15) is 22.3 Å². The van der Waals surface area contributed by atoms with Crippen molar-refractivity contribution in [2.45, 2.75) is 13.3 Å². The van der Waals surface area contributed by atoms with E-state index in [1.807, 2.05) is 19.1 Å². The molecule has 70 valence electrons. The Morgan fingerprint density at radius 1 is 1.46 bits per heavy atom. The maximum absolute atomic E-state index is 11.4. The first-order valence-corrected chi connectivity index (χ1v) is 4.92. The zero-order valence-corrected chi connectivity index (χ0v) is 8.82. The SMILES string of the molecule is Cc1cccc(C(=O)CCCl)c1Cl. The summed E-state index contributed by atoms with van der Waals surface area (Å²) in [4.78, 5) is 11.4. The van der Waals surface area contributed by atoms with Gasteiger partial charge in [-0.05, 0) is 18.6 Å². The highest BCUT2D eigenvalue weighted by Gasteiger charge is 2.10. The van der Waals surface area contributed by atoms with Crippen molar-refractivity contribution in [1.82, 2.24) is 0 Å². The second-order valence-electron chi connectivity index (χ2n) is 2.80. The third-order valence-electron chi connectivity index (χ3n) is 1.81. The number of Topliss-reactive ketones (excluding diaryl/α,β-unsaturated/α-hetero) is 1. The van der Waals surface area contributed by atoms with Gasteiger partial charge < -0.3 is 0 Å². The molecule has 0 bridgehead atoms. The number of alkyl halides is 1. The molecule has 1 aromatic rings. The monoisotopic (exact) mass is 216 g/mol. The second kappa shape index (κ2) is 4.64. The number of carbonyl (C=O) groups excluding carboxylic acids is 1. The molecule has 1 nitrogen and oxygen atoms in total. The fourth-order valence-corrected chi connectivity index (χ4v) is 1.49. The van der Waals surface area contributed by atoms with Crippen LogP contribution in [-0.2, 0) is 0 Å². The summed E-state index contributed by atoms with van der Waals surface area (Å²) in [6, 6.07) is 5.42. The first-order chi connectivity index (χ1) is 6.16. The Morgan fingerprint density at radius 3 is 2.77 bits per heavy atom. The van der Waals surface area contributed by atoms with Gasteiger partial charge in [0.25, 0.3) is 0 Å². The van der Waals surface area contributed by atoms with Gasteiger partial charge in [0.15, 0.2) is 5.78 Å². The fourth-order valence-electron chi connectivity index (χ4n) is 1.08. The van der Waals surface area contributed by atoms with Crippen molar-refractivity contribution >= 4 is 29.0 Å². The standard InChI is InChI=1S/C10H10Cl2O/c1-7-3-2-4-8(10(7)12)9(13)5-6-11/h2-4H,5-6H2,1H3. The lowest BCUT2D eigenvalue weighted by Gasteiger charge is -2.03. The lowest BCUT2D eigenvalue weighted by Crippen LogP contribution is -2.01. The van der Waals surface area contributed by atoms with Crippen molar-refractivity contribution in [2.24, 2.45) is 0 Å². The van der Waals surface area contributed by atoms with Crippen molar-refractivity contribution in [3.05, 3.63) is 34.3 Å². The fraction of sp³-hybridized carbons (Fsp3) is 0.300. The van der Waals surface area contributed by atoms with Gasteiger partial charge in [-0.1, -0.05) is 23.7 Å². The molecule has 0 aliphatic rings. The van der Waals surface area contributed by atoms with E-state index in [1.54, 1.807) is 6.07 Å². The lowest BCUT2D eigenvalue weighted by molar-refractivity contribution is 0.0989. The van der Waals surface area contributed by atoms with Crippen LogP contribution in [0.3, 0.4) is 0 Å². The van der Waals surface area contributed by atoms with E-state index >= 15 is 0 Å². The van der Waals surface area contributed by atoms with Crippen molar-refractivity contribution in [3.63, 3.8) is 0 Å². The van der Waals surface area contributed by atoms with Crippen LogP contribution in [0.2, 0.25) is 5.02 Å². The smallest absolute Gasteiger partial charge is 0.165 e. The van der Waals surface area contributed by atoms with Crippen molar-refractivity contribution in [1.29, 1.82) is 0 Å². The third-order valence-corrected chi connectivity index (χ3v) is 2.50. The lowest BCUT2D eigenvalue weighted by atomic mass is 10.1. The van der Waals surface area contributed by atoms with Crippen LogP contribution in [0.4, 0.5) is 0 Å². The van der Waals surface area contributed by atoms with Gasteiger partial charge in [0, 0.05) is 17.9 Å². The number of aryl methyl sites for hydroxylation is 1. The molecule has 0 radical (unpaired) electrons. The Hall–Kier alpha value is -0.530. The first-order valence-electron chi connectivity index (χ1n) is 4.01. The van der Waals surface area contributed by atoms with Crippen LogP contribution in [0.5, 0.6) is 0 Å².